The fourth-order valence-corrected chi connectivity index (χ4v) is 4.42. The average molecular weight is 466 g/mol. The van der Waals surface area contributed by atoms with Gasteiger partial charge in [0.15, 0.2) is 0 Å². The molecule has 172 valence electrons. The van der Waals surface area contributed by atoms with E-state index >= 15 is 0 Å². The Kier molecular flexibility index (Phi) is 7.40. The van der Waals surface area contributed by atoms with E-state index in [-0.39, 0.29) is 30.3 Å². The van der Waals surface area contributed by atoms with Crippen molar-refractivity contribution in [3.63, 3.8) is 0 Å². The van der Waals surface area contributed by atoms with E-state index in [1.807, 2.05) is 41.8 Å². The van der Waals surface area contributed by atoms with Gasteiger partial charge in [0.1, 0.15) is 12.4 Å². The molecule has 3 aromatic rings. The maximum Gasteiger partial charge on any atom is 0.322 e. The molecule has 3 amide bonds. The quantitative estimate of drug-likeness (QED) is 0.442. The van der Waals surface area contributed by atoms with Crippen molar-refractivity contribution in [2.45, 2.75) is 45.3 Å². The zero-order chi connectivity index (χ0) is 23.2. The zero-order valence-electron chi connectivity index (χ0n) is 18.7. The van der Waals surface area contributed by atoms with E-state index in [0.29, 0.717) is 13.1 Å². The molecule has 1 aromatic heterocycles. The second-order valence-corrected chi connectivity index (χ2v) is 9.33. The Bertz CT molecular complexity index is 1080. The minimum Gasteiger partial charge on any atom is -0.332 e. The number of hydrogen-bond acceptors (Lipinski definition) is 3. The first-order valence-electron chi connectivity index (χ1n) is 11.2. The molecule has 0 spiro atoms. The normalized spacial score (nSPS) is 12.9. The predicted octanol–water partition coefficient (Wildman–Crippen LogP) is 5.67. The van der Waals surface area contributed by atoms with Gasteiger partial charge in [-0.1, -0.05) is 37.3 Å². The first-order valence-corrected chi connectivity index (χ1v) is 12.1. The van der Waals surface area contributed by atoms with Crippen LogP contribution in [0.3, 0.4) is 0 Å². The summed E-state index contributed by atoms with van der Waals surface area (Å²) in [6.07, 6.45) is 2.69. The minimum atomic E-state index is -0.307. The van der Waals surface area contributed by atoms with Crippen molar-refractivity contribution in [1.82, 2.24) is 9.80 Å². The summed E-state index contributed by atoms with van der Waals surface area (Å²) in [5.41, 5.74) is 2.72. The number of hydrogen-bond donors (Lipinski definition) is 1. The van der Waals surface area contributed by atoms with Gasteiger partial charge in [0.05, 0.1) is 6.54 Å². The van der Waals surface area contributed by atoms with Crippen molar-refractivity contribution in [1.29, 1.82) is 0 Å². The Hall–Kier alpha value is -3.19. The number of carbonyl (C=O) groups is 2. The van der Waals surface area contributed by atoms with Crippen LogP contribution in [0.5, 0.6) is 0 Å². The number of halogens is 1. The van der Waals surface area contributed by atoms with E-state index in [9.17, 15) is 14.0 Å². The molecule has 1 N–H and O–H groups in total. The lowest BCUT2D eigenvalue weighted by Gasteiger charge is -2.28. The number of carbonyl (C=O) groups excluding carboxylic acids is 2. The summed E-state index contributed by atoms with van der Waals surface area (Å²) in [7, 11) is 0. The topological polar surface area (TPSA) is 52.7 Å². The lowest BCUT2D eigenvalue weighted by atomic mass is 10.1. The third-order valence-corrected chi connectivity index (χ3v) is 6.57. The maximum absolute atomic E-state index is 13.4. The summed E-state index contributed by atoms with van der Waals surface area (Å²) in [6, 6.07) is 17.7. The molecule has 0 atom stereocenters. The molecular formula is C26H28FN3O2S. The molecule has 0 radical (unpaired) electrons. The number of nitrogens with zero attached hydrogens (tertiary/aromatic N) is 2. The zero-order valence-corrected chi connectivity index (χ0v) is 19.5. The Balaban J connectivity index is 1.47. The molecule has 0 saturated heterocycles. The van der Waals surface area contributed by atoms with Gasteiger partial charge in [-0.3, -0.25) is 4.79 Å². The number of urea groups is 1. The van der Waals surface area contributed by atoms with E-state index < -0.39 is 0 Å². The van der Waals surface area contributed by atoms with Crippen molar-refractivity contribution in [2.75, 3.05) is 11.9 Å². The standard InChI is InChI=1S/C26H28FN3O2S/c1-2-19-5-3-6-22(15-19)28-26(32)30(23-12-13-23)18-25(31)29(17-24-7-4-14-33-24)16-20-8-10-21(27)11-9-20/h3-11,14-15,23H,2,12-13,16-18H2,1H3,(H,28,32). The smallest absolute Gasteiger partial charge is 0.322 e. The Morgan fingerprint density at radius 3 is 2.48 bits per heavy atom. The van der Waals surface area contributed by atoms with Crippen LogP contribution in [0.4, 0.5) is 14.9 Å². The molecule has 2 aromatic carbocycles. The minimum absolute atomic E-state index is 0.0105. The fraction of sp³-hybridized carbons (Fsp3) is 0.308. The summed E-state index contributed by atoms with van der Waals surface area (Å²) in [6.45, 7) is 2.89. The van der Waals surface area contributed by atoms with Crippen molar-refractivity contribution < 1.29 is 14.0 Å². The van der Waals surface area contributed by atoms with Gasteiger partial charge in [-0.2, -0.15) is 0 Å². The molecule has 4 rings (SSSR count). The summed E-state index contributed by atoms with van der Waals surface area (Å²) < 4.78 is 13.3. The lowest BCUT2D eigenvalue weighted by molar-refractivity contribution is -0.133. The highest BCUT2D eigenvalue weighted by Crippen LogP contribution is 2.28. The summed E-state index contributed by atoms with van der Waals surface area (Å²) in [5.74, 6) is -0.435. The van der Waals surface area contributed by atoms with Crippen LogP contribution >= 0.6 is 11.3 Å². The highest BCUT2D eigenvalue weighted by Gasteiger charge is 2.35. The largest absolute Gasteiger partial charge is 0.332 e. The van der Waals surface area contributed by atoms with Gasteiger partial charge >= 0.3 is 6.03 Å². The van der Waals surface area contributed by atoms with E-state index in [4.69, 9.17) is 0 Å². The van der Waals surface area contributed by atoms with Gasteiger partial charge in [0.25, 0.3) is 0 Å². The van der Waals surface area contributed by atoms with Crippen molar-refractivity contribution in [3.8, 4) is 0 Å². The highest BCUT2D eigenvalue weighted by atomic mass is 32.1. The highest BCUT2D eigenvalue weighted by molar-refractivity contribution is 7.09. The van der Waals surface area contributed by atoms with Gasteiger partial charge in [0.2, 0.25) is 5.91 Å². The average Bonchev–Trinajstić information content (AvgIpc) is 3.53. The number of aryl methyl sites for hydroxylation is 1. The molecule has 1 aliphatic rings. The fourth-order valence-electron chi connectivity index (χ4n) is 3.70. The van der Waals surface area contributed by atoms with Crippen molar-refractivity contribution in [3.05, 3.63) is 87.9 Å². The molecule has 1 aliphatic carbocycles. The molecule has 0 unspecified atom stereocenters. The van der Waals surface area contributed by atoms with Crippen LogP contribution in [0.1, 0.15) is 35.8 Å². The van der Waals surface area contributed by atoms with Gasteiger partial charge in [-0.15, -0.1) is 11.3 Å². The third-order valence-electron chi connectivity index (χ3n) is 5.71. The molecule has 0 bridgehead atoms. The lowest BCUT2D eigenvalue weighted by Crippen LogP contribution is -2.45. The molecule has 7 heteroatoms. The molecule has 33 heavy (non-hydrogen) atoms. The molecule has 1 fully saturated rings. The number of amides is 3. The van der Waals surface area contributed by atoms with Crippen molar-refractivity contribution >= 4 is 29.0 Å². The maximum atomic E-state index is 13.4. The van der Waals surface area contributed by atoms with Crippen LogP contribution in [0.25, 0.3) is 0 Å². The molecule has 1 saturated carbocycles. The van der Waals surface area contributed by atoms with Crippen molar-refractivity contribution in [2.24, 2.45) is 0 Å². The number of rotatable bonds is 9. The molecular weight excluding hydrogens is 437 g/mol. The SMILES string of the molecule is CCc1cccc(NC(=O)N(CC(=O)N(Cc2ccc(F)cc2)Cc2cccs2)C2CC2)c1. The van der Waals surface area contributed by atoms with Crippen LogP contribution < -0.4 is 5.32 Å². The second-order valence-electron chi connectivity index (χ2n) is 8.30. The Morgan fingerprint density at radius 2 is 1.82 bits per heavy atom. The van der Waals surface area contributed by atoms with Gasteiger partial charge in [0, 0.05) is 23.2 Å². The third kappa shape index (κ3) is 6.42. The van der Waals surface area contributed by atoms with Crippen LogP contribution in [0, 0.1) is 5.82 Å². The van der Waals surface area contributed by atoms with E-state index in [1.165, 1.54) is 12.1 Å². The second kappa shape index (κ2) is 10.6. The Morgan fingerprint density at radius 1 is 1.03 bits per heavy atom. The van der Waals surface area contributed by atoms with Crippen LogP contribution in [0.2, 0.25) is 0 Å². The number of thiophene rings is 1. The predicted molar refractivity (Wildman–Crippen MR) is 130 cm³/mol. The number of nitrogens with one attached hydrogen (secondary N) is 1. The monoisotopic (exact) mass is 465 g/mol. The first kappa shape index (κ1) is 23.0. The van der Waals surface area contributed by atoms with Crippen LogP contribution in [-0.4, -0.2) is 34.3 Å². The van der Waals surface area contributed by atoms with E-state index in [0.717, 1.165) is 41.0 Å². The first-order chi connectivity index (χ1) is 16.0. The number of anilines is 1. The summed E-state index contributed by atoms with van der Waals surface area (Å²) >= 11 is 1.58. The molecule has 5 nitrogen and oxygen atoms in total. The van der Waals surface area contributed by atoms with Gasteiger partial charge in [-0.25, -0.2) is 9.18 Å². The summed E-state index contributed by atoms with van der Waals surface area (Å²) in [4.78, 5) is 30.9. The van der Waals surface area contributed by atoms with Crippen LogP contribution in [0.15, 0.2) is 66.0 Å². The number of benzene rings is 2. The molecule has 1 heterocycles. The Labute approximate surface area is 197 Å². The molecule has 0 aliphatic heterocycles. The van der Waals surface area contributed by atoms with Gasteiger partial charge < -0.3 is 15.1 Å². The van der Waals surface area contributed by atoms with E-state index in [2.05, 4.69) is 12.2 Å². The van der Waals surface area contributed by atoms with Gasteiger partial charge in [-0.05, 0) is 66.1 Å². The van der Waals surface area contributed by atoms with E-state index in [1.54, 1.807) is 33.3 Å². The van der Waals surface area contributed by atoms with Crippen LogP contribution in [-0.2, 0) is 24.3 Å². The summed E-state index contributed by atoms with van der Waals surface area (Å²) in [5, 5.41) is 4.94.